The summed E-state index contributed by atoms with van der Waals surface area (Å²) in [4.78, 5) is 21.1. The Labute approximate surface area is 150 Å². The molecule has 1 saturated heterocycles. The number of nitrogens with one attached hydrogen (secondary N) is 1. The lowest BCUT2D eigenvalue weighted by atomic mass is 10.1. The van der Waals surface area contributed by atoms with Gasteiger partial charge in [-0.25, -0.2) is 9.50 Å². The molecule has 0 saturated carbocycles. The zero-order valence-corrected chi connectivity index (χ0v) is 14.3. The highest BCUT2D eigenvalue weighted by Crippen LogP contribution is 2.18. The van der Waals surface area contributed by atoms with Gasteiger partial charge < -0.3 is 14.8 Å². The minimum Gasteiger partial charge on any atom is -0.486 e. The number of fused-ring (bicyclic) bond motifs is 1. The molecule has 0 spiro atoms. The normalized spacial score (nSPS) is 20.0. The second-order valence-corrected chi connectivity index (χ2v) is 6.17. The maximum absolute atomic E-state index is 12.7. The number of hydrogen-bond donors (Lipinski definition) is 1. The fraction of sp³-hybridized carbons (Fsp3) is 0.333. The molecule has 0 aliphatic carbocycles. The summed E-state index contributed by atoms with van der Waals surface area (Å²) in [5, 5.41) is 7.16. The summed E-state index contributed by atoms with van der Waals surface area (Å²) < 4.78 is 13.1. The minimum atomic E-state index is -0.271. The van der Waals surface area contributed by atoms with E-state index in [-0.39, 0.29) is 18.1 Å². The molecule has 4 rings (SSSR count). The van der Waals surface area contributed by atoms with Crippen molar-refractivity contribution in [3.63, 3.8) is 0 Å². The molecule has 0 unspecified atom stereocenters. The van der Waals surface area contributed by atoms with Crippen LogP contribution in [0.3, 0.4) is 0 Å². The molecule has 26 heavy (non-hydrogen) atoms. The molecule has 1 amide bonds. The second kappa shape index (κ2) is 7.09. The molecule has 1 aliphatic heterocycles. The summed E-state index contributed by atoms with van der Waals surface area (Å²) in [6, 6.07) is 7.08. The van der Waals surface area contributed by atoms with Gasteiger partial charge in [-0.15, -0.1) is 0 Å². The van der Waals surface area contributed by atoms with Crippen LogP contribution < -0.4 is 10.1 Å². The summed E-state index contributed by atoms with van der Waals surface area (Å²) in [5.74, 6) is 0.417. The quantitative estimate of drug-likeness (QED) is 0.762. The summed E-state index contributed by atoms with van der Waals surface area (Å²) in [7, 11) is 0. The molecule has 1 fully saturated rings. The van der Waals surface area contributed by atoms with Crippen LogP contribution in [0, 0.1) is 6.92 Å². The van der Waals surface area contributed by atoms with Crippen molar-refractivity contribution in [1.29, 1.82) is 0 Å². The van der Waals surface area contributed by atoms with Crippen LogP contribution in [0.5, 0.6) is 5.75 Å². The Bertz CT molecular complexity index is 909. The van der Waals surface area contributed by atoms with E-state index in [4.69, 9.17) is 9.47 Å². The Hall–Kier alpha value is -3.00. The molecular formula is C18H19N5O3. The van der Waals surface area contributed by atoms with E-state index in [1.165, 1.54) is 10.7 Å². The van der Waals surface area contributed by atoms with Crippen LogP contribution in [0.2, 0.25) is 0 Å². The summed E-state index contributed by atoms with van der Waals surface area (Å²) >= 11 is 0. The Morgan fingerprint density at radius 2 is 2.23 bits per heavy atom. The first-order valence-corrected chi connectivity index (χ1v) is 8.47. The lowest BCUT2D eigenvalue weighted by molar-refractivity contribution is -0.00310. The van der Waals surface area contributed by atoms with E-state index in [1.807, 2.05) is 19.1 Å². The smallest absolute Gasteiger partial charge is 0.272 e. The molecule has 0 bridgehead atoms. The van der Waals surface area contributed by atoms with Crippen LogP contribution >= 0.6 is 0 Å². The van der Waals surface area contributed by atoms with Gasteiger partial charge in [0.05, 0.1) is 31.6 Å². The standard InChI is InChI=1S/C18H19N5O3/c1-12-4-5-13(9-19-12)26-16-6-8-25-11-14(16)22-18(24)15-10-20-17-3-2-7-21-23(15)17/h2-5,7,9-10,14,16H,6,8,11H2,1H3,(H,22,24)/t14-,16+/m1/s1. The lowest BCUT2D eigenvalue weighted by Gasteiger charge is -2.32. The fourth-order valence-electron chi connectivity index (χ4n) is 2.92. The molecule has 2 atom stereocenters. The first kappa shape index (κ1) is 16.5. The number of rotatable bonds is 4. The summed E-state index contributed by atoms with van der Waals surface area (Å²) in [6.07, 6.45) is 5.32. The molecule has 3 aromatic rings. The van der Waals surface area contributed by atoms with Gasteiger partial charge in [-0.2, -0.15) is 5.10 Å². The number of imidazole rings is 1. The number of aryl methyl sites for hydroxylation is 1. The van der Waals surface area contributed by atoms with Gasteiger partial charge in [-0.3, -0.25) is 9.78 Å². The van der Waals surface area contributed by atoms with Gasteiger partial charge in [-0.1, -0.05) is 0 Å². The van der Waals surface area contributed by atoms with E-state index in [0.29, 0.717) is 36.7 Å². The summed E-state index contributed by atoms with van der Waals surface area (Å²) in [5.41, 5.74) is 1.92. The number of aromatic nitrogens is 4. The molecule has 1 N–H and O–H groups in total. The molecule has 3 aromatic heterocycles. The highest BCUT2D eigenvalue weighted by atomic mass is 16.5. The van der Waals surface area contributed by atoms with E-state index in [2.05, 4.69) is 20.4 Å². The average Bonchev–Trinajstić information content (AvgIpc) is 3.09. The van der Waals surface area contributed by atoms with Crippen LogP contribution in [0.4, 0.5) is 0 Å². The third-order valence-electron chi connectivity index (χ3n) is 4.29. The van der Waals surface area contributed by atoms with Crippen molar-refractivity contribution < 1.29 is 14.3 Å². The van der Waals surface area contributed by atoms with Crippen molar-refractivity contribution in [2.24, 2.45) is 0 Å². The minimum absolute atomic E-state index is 0.190. The van der Waals surface area contributed by atoms with Crippen LogP contribution in [-0.4, -0.2) is 50.8 Å². The fourth-order valence-corrected chi connectivity index (χ4v) is 2.92. The zero-order valence-electron chi connectivity index (χ0n) is 14.3. The summed E-state index contributed by atoms with van der Waals surface area (Å²) in [6.45, 7) is 2.90. The van der Waals surface area contributed by atoms with Crippen molar-refractivity contribution in [2.75, 3.05) is 13.2 Å². The molecule has 134 valence electrons. The van der Waals surface area contributed by atoms with Crippen molar-refractivity contribution in [3.05, 3.63) is 54.2 Å². The van der Waals surface area contributed by atoms with Gasteiger partial charge in [0.1, 0.15) is 17.5 Å². The number of carbonyl (C=O) groups is 1. The van der Waals surface area contributed by atoms with E-state index in [9.17, 15) is 4.79 Å². The SMILES string of the molecule is Cc1ccc(O[C@H]2CCOC[C@H]2NC(=O)c2cnc3cccnn23)cn1. The van der Waals surface area contributed by atoms with E-state index in [1.54, 1.807) is 24.5 Å². The van der Waals surface area contributed by atoms with Gasteiger partial charge in [0.2, 0.25) is 0 Å². The van der Waals surface area contributed by atoms with Crippen molar-refractivity contribution in [3.8, 4) is 5.75 Å². The molecule has 8 heteroatoms. The van der Waals surface area contributed by atoms with Crippen LogP contribution in [0.1, 0.15) is 22.6 Å². The number of nitrogens with zero attached hydrogens (tertiary/aromatic N) is 4. The monoisotopic (exact) mass is 353 g/mol. The molecule has 0 aromatic carbocycles. The number of amides is 1. The predicted molar refractivity (Wildman–Crippen MR) is 93.1 cm³/mol. The topological polar surface area (TPSA) is 90.6 Å². The Kier molecular flexibility index (Phi) is 4.49. The zero-order chi connectivity index (χ0) is 17.9. The average molecular weight is 353 g/mol. The van der Waals surface area contributed by atoms with Crippen molar-refractivity contribution in [2.45, 2.75) is 25.5 Å². The van der Waals surface area contributed by atoms with Crippen LogP contribution in [-0.2, 0) is 4.74 Å². The molecule has 1 aliphatic rings. The lowest BCUT2D eigenvalue weighted by Crippen LogP contribution is -2.52. The third kappa shape index (κ3) is 3.36. The van der Waals surface area contributed by atoms with E-state index >= 15 is 0 Å². The van der Waals surface area contributed by atoms with Crippen molar-refractivity contribution in [1.82, 2.24) is 24.9 Å². The Morgan fingerprint density at radius 1 is 1.31 bits per heavy atom. The van der Waals surface area contributed by atoms with E-state index < -0.39 is 0 Å². The van der Waals surface area contributed by atoms with E-state index in [0.717, 1.165) is 5.69 Å². The van der Waals surface area contributed by atoms with Gasteiger partial charge in [-0.05, 0) is 31.2 Å². The number of carbonyl (C=O) groups excluding carboxylic acids is 1. The highest BCUT2D eigenvalue weighted by Gasteiger charge is 2.30. The van der Waals surface area contributed by atoms with Gasteiger partial charge in [0.25, 0.3) is 5.91 Å². The first-order valence-electron chi connectivity index (χ1n) is 8.47. The number of hydrogen-bond acceptors (Lipinski definition) is 6. The van der Waals surface area contributed by atoms with Gasteiger partial charge in [0, 0.05) is 18.3 Å². The maximum Gasteiger partial charge on any atom is 0.272 e. The Morgan fingerprint density at radius 3 is 3.08 bits per heavy atom. The highest BCUT2D eigenvalue weighted by molar-refractivity contribution is 5.93. The van der Waals surface area contributed by atoms with Gasteiger partial charge >= 0.3 is 0 Å². The maximum atomic E-state index is 12.7. The second-order valence-electron chi connectivity index (χ2n) is 6.17. The number of ether oxygens (including phenoxy) is 2. The predicted octanol–water partition coefficient (Wildman–Crippen LogP) is 1.40. The third-order valence-corrected chi connectivity index (χ3v) is 4.29. The Balaban J connectivity index is 1.49. The largest absolute Gasteiger partial charge is 0.486 e. The van der Waals surface area contributed by atoms with Crippen LogP contribution in [0.25, 0.3) is 5.65 Å². The van der Waals surface area contributed by atoms with Gasteiger partial charge in [0.15, 0.2) is 5.65 Å². The molecule has 8 nitrogen and oxygen atoms in total. The molecular weight excluding hydrogens is 334 g/mol. The van der Waals surface area contributed by atoms with Crippen molar-refractivity contribution >= 4 is 11.6 Å². The molecule has 0 radical (unpaired) electrons. The molecule has 4 heterocycles. The number of pyridine rings is 1. The van der Waals surface area contributed by atoms with Crippen LogP contribution in [0.15, 0.2) is 42.9 Å². The first-order chi connectivity index (χ1) is 12.7.